The van der Waals surface area contributed by atoms with Crippen LogP contribution in [-0.4, -0.2) is 51.1 Å². The largest absolute Gasteiger partial charge is 0.480 e. The summed E-state index contributed by atoms with van der Waals surface area (Å²) >= 11 is 0. The van der Waals surface area contributed by atoms with E-state index in [0.29, 0.717) is 23.3 Å². The fraction of sp³-hybridized carbons (Fsp3) is 0.500. The third kappa shape index (κ3) is 1.98. The van der Waals surface area contributed by atoms with Gasteiger partial charge in [0.15, 0.2) is 0 Å². The normalized spacial score (nSPS) is 26.2. The Bertz CT molecular complexity index is 629. The summed E-state index contributed by atoms with van der Waals surface area (Å²) < 4.78 is 10.9. The number of hydrogen-bond donors (Lipinski definition) is 4. The lowest BCUT2D eigenvalue weighted by molar-refractivity contribution is -0.0222. The highest BCUT2D eigenvalue weighted by molar-refractivity contribution is 5.86. The Morgan fingerprint density at radius 2 is 2.35 bits per heavy atom. The van der Waals surface area contributed by atoms with Crippen LogP contribution in [0.5, 0.6) is 5.88 Å². The number of H-pyrrole nitrogens is 1. The number of nitrogen functional groups attached to an aromatic ring is 1. The molecule has 108 valence electrons. The molecular formula is C12H16N4O4. The number of fused-ring (bicyclic) bond motifs is 1. The average Bonchev–Trinajstić information content (AvgIpc) is 3.00. The van der Waals surface area contributed by atoms with Gasteiger partial charge in [0, 0.05) is 18.2 Å². The number of methoxy groups -OCH3 is 1. The van der Waals surface area contributed by atoms with Crippen LogP contribution in [0.3, 0.4) is 0 Å². The smallest absolute Gasteiger partial charge is 0.228 e. The van der Waals surface area contributed by atoms with Gasteiger partial charge in [-0.15, -0.1) is 0 Å². The summed E-state index contributed by atoms with van der Waals surface area (Å²) in [6.07, 6.45) is 0.503. The van der Waals surface area contributed by atoms with Gasteiger partial charge in [0.1, 0.15) is 11.8 Å². The Morgan fingerprint density at radius 1 is 1.55 bits per heavy atom. The maximum absolute atomic E-state index is 9.82. The Hall–Kier alpha value is -1.90. The van der Waals surface area contributed by atoms with Crippen LogP contribution in [0.15, 0.2) is 6.20 Å². The van der Waals surface area contributed by atoms with E-state index in [2.05, 4.69) is 15.0 Å². The molecule has 0 amide bonds. The highest BCUT2D eigenvalue weighted by Gasteiger charge is 2.36. The lowest BCUT2D eigenvalue weighted by Gasteiger charge is -2.12. The Labute approximate surface area is 114 Å². The molecule has 1 saturated heterocycles. The van der Waals surface area contributed by atoms with E-state index in [4.69, 9.17) is 20.3 Å². The molecule has 1 aliphatic rings. The molecule has 0 bridgehead atoms. The molecule has 0 spiro atoms. The van der Waals surface area contributed by atoms with E-state index in [1.165, 1.54) is 7.11 Å². The molecule has 3 rings (SSSR count). The van der Waals surface area contributed by atoms with Crippen LogP contribution in [0.25, 0.3) is 11.0 Å². The van der Waals surface area contributed by atoms with Crippen LogP contribution in [0.4, 0.5) is 5.95 Å². The molecule has 8 heteroatoms. The van der Waals surface area contributed by atoms with E-state index in [1.54, 1.807) is 6.20 Å². The summed E-state index contributed by atoms with van der Waals surface area (Å²) in [7, 11) is 1.50. The van der Waals surface area contributed by atoms with E-state index in [-0.39, 0.29) is 18.7 Å². The summed E-state index contributed by atoms with van der Waals surface area (Å²) in [5.41, 5.74) is 6.94. The van der Waals surface area contributed by atoms with Crippen molar-refractivity contribution in [2.75, 3.05) is 19.5 Å². The first-order valence-electron chi connectivity index (χ1n) is 6.27. The minimum absolute atomic E-state index is 0.114. The number of nitrogens with zero attached hydrogens (tertiary/aromatic N) is 2. The number of nitrogens with one attached hydrogen (secondary N) is 1. The lowest BCUT2D eigenvalue weighted by atomic mass is 10.1. The summed E-state index contributed by atoms with van der Waals surface area (Å²) in [6.45, 7) is -0.222. The van der Waals surface area contributed by atoms with Crippen molar-refractivity contribution in [3.8, 4) is 5.88 Å². The third-order valence-electron chi connectivity index (χ3n) is 3.49. The minimum atomic E-state index is -0.698. The van der Waals surface area contributed by atoms with Gasteiger partial charge in [-0.2, -0.15) is 9.97 Å². The zero-order valence-corrected chi connectivity index (χ0v) is 10.9. The first-order chi connectivity index (χ1) is 9.63. The van der Waals surface area contributed by atoms with Crippen molar-refractivity contribution in [3.05, 3.63) is 11.8 Å². The first kappa shape index (κ1) is 13.1. The number of nitrogens with two attached hydrogens (primary N) is 1. The van der Waals surface area contributed by atoms with Crippen LogP contribution >= 0.6 is 0 Å². The van der Waals surface area contributed by atoms with Crippen LogP contribution in [-0.2, 0) is 4.74 Å². The number of aliphatic hydroxyl groups excluding tert-OH is 2. The summed E-state index contributed by atoms with van der Waals surface area (Å²) in [6, 6.07) is 0. The molecular weight excluding hydrogens is 264 g/mol. The van der Waals surface area contributed by atoms with Gasteiger partial charge in [0.05, 0.1) is 31.3 Å². The van der Waals surface area contributed by atoms with Crippen molar-refractivity contribution in [3.63, 3.8) is 0 Å². The Morgan fingerprint density at radius 3 is 3.00 bits per heavy atom. The predicted molar refractivity (Wildman–Crippen MR) is 70.2 cm³/mol. The maximum atomic E-state index is 9.82. The number of aliphatic hydroxyl groups is 2. The van der Waals surface area contributed by atoms with Gasteiger partial charge in [-0.3, -0.25) is 0 Å². The maximum Gasteiger partial charge on any atom is 0.228 e. The first-order valence-corrected chi connectivity index (χ1v) is 6.27. The van der Waals surface area contributed by atoms with E-state index in [0.717, 1.165) is 5.56 Å². The van der Waals surface area contributed by atoms with E-state index >= 15 is 0 Å². The Balaban J connectivity index is 2.05. The van der Waals surface area contributed by atoms with Gasteiger partial charge in [0.25, 0.3) is 0 Å². The van der Waals surface area contributed by atoms with E-state index < -0.39 is 12.2 Å². The number of anilines is 1. The quantitative estimate of drug-likeness (QED) is 0.609. The van der Waals surface area contributed by atoms with Gasteiger partial charge in [-0.25, -0.2) is 0 Å². The number of aromatic nitrogens is 3. The Kier molecular flexibility index (Phi) is 3.20. The highest BCUT2D eigenvalue weighted by atomic mass is 16.5. The van der Waals surface area contributed by atoms with Crippen molar-refractivity contribution in [2.45, 2.75) is 24.7 Å². The number of hydrogen-bond acceptors (Lipinski definition) is 7. The van der Waals surface area contributed by atoms with Crippen LogP contribution in [0, 0.1) is 0 Å². The topological polar surface area (TPSA) is 127 Å². The molecule has 0 saturated carbocycles. The molecule has 1 unspecified atom stereocenters. The number of aromatic amines is 1. The molecule has 1 fully saturated rings. The molecule has 2 aromatic rings. The third-order valence-corrected chi connectivity index (χ3v) is 3.49. The summed E-state index contributed by atoms with van der Waals surface area (Å²) in [5.74, 6) is 0.470. The standard InChI is InChI=1S/C12H16N4O4/c1-19-11-9-5(3-14-10(9)15-12(13)16-11)7-2-6(18)8(4-17)20-7/h3,6-8,17-18H,2,4H2,1H3,(H3,13,14,15,16)/t6-,7?,8+/m0/s1. The summed E-state index contributed by atoms with van der Waals surface area (Å²) in [4.78, 5) is 11.1. The molecule has 3 atom stereocenters. The zero-order valence-electron chi connectivity index (χ0n) is 10.9. The SMILES string of the molecule is COc1nc(N)nc2[nH]cc(C3C[C@H](O)[C@@H](CO)O3)c12. The van der Waals surface area contributed by atoms with Gasteiger partial charge < -0.3 is 30.4 Å². The second-order valence-corrected chi connectivity index (χ2v) is 4.71. The van der Waals surface area contributed by atoms with Gasteiger partial charge in [-0.1, -0.05) is 0 Å². The van der Waals surface area contributed by atoms with Gasteiger partial charge in [-0.05, 0) is 0 Å². The molecule has 20 heavy (non-hydrogen) atoms. The van der Waals surface area contributed by atoms with Gasteiger partial charge >= 0.3 is 0 Å². The molecule has 0 aromatic carbocycles. The monoisotopic (exact) mass is 280 g/mol. The van der Waals surface area contributed by atoms with E-state index in [1.807, 2.05) is 0 Å². The van der Waals surface area contributed by atoms with Crippen molar-refractivity contribution in [1.29, 1.82) is 0 Å². The molecule has 5 N–H and O–H groups in total. The lowest BCUT2D eigenvalue weighted by Crippen LogP contribution is -2.24. The second kappa shape index (κ2) is 4.89. The minimum Gasteiger partial charge on any atom is -0.480 e. The fourth-order valence-electron chi connectivity index (χ4n) is 2.53. The zero-order chi connectivity index (χ0) is 14.3. The van der Waals surface area contributed by atoms with Crippen LogP contribution < -0.4 is 10.5 Å². The second-order valence-electron chi connectivity index (χ2n) is 4.71. The van der Waals surface area contributed by atoms with Gasteiger partial charge in [0.2, 0.25) is 11.8 Å². The van der Waals surface area contributed by atoms with Crippen molar-refractivity contribution in [2.24, 2.45) is 0 Å². The van der Waals surface area contributed by atoms with Crippen LogP contribution in [0.1, 0.15) is 18.1 Å². The average molecular weight is 280 g/mol. The predicted octanol–water partition coefficient (Wildman–Crippen LogP) is -0.268. The highest BCUT2D eigenvalue weighted by Crippen LogP contribution is 2.38. The fourth-order valence-corrected chi connectivity index (χ4v) is 2.53. The molecule has 3 heterocycles. The van der Waals surface area contributed by atoms with Crippen molar-refractivity contribution >= 4 is 17.0 Å². The molecule has 1 aliphatic heterocycles. The molecule has 8 nitrogen and oxygen atoms in total. The molecule has 0 aliphatic carbocycles. The molecule has 2 aromatic heterocycles. The summed E-state index contributed by atoms with van der Waals surface area (Å²) in [5, 5.41) is 19.6. The number of rotatable bonds is 3. The van der Waals surface area contributed by atoms with Crippen molar-refractivity contribution in [1.82, 2.24) is 15.0 Å². The molecule has 0 radical (unpaired) electrons. The number of ether oxygens (including phenoxy) is 2. The van der Waals surface area contributed by atoms with E-state index in [9.17, 15) is 5.11 Å². The van der Waals surface area contributed by atoms with Crippen LogP contribution in [0.2, 0.25) is 0 Å². The van der Waals surface area contributed by atoms with Crippen molar-refractivity contribution < 1.29 is 19.7 Å².